The third-order valence-corrected chi connectivity index (χ3v) is 4.38. The molecule has 2 aromatic carbocycles. The number of halogens is 1. The molecule has 0 N–H and O–H groups in total. The average Bonchev–Trinajstić information content (AvgIpc) is 3.11. The first-order chi connectivity index (χ1) is 12.6. The number of nitrogens with zero attached hydrogens (tertiary/aromatic N) is 3. The van der Waals surface area contributed by atoms with Crippen molar-refractivity contribution in [1.29, 1.82) is 0 Å². The largest absolute Gasteiger partial charge is 0.493 e. The summed E-state index contributed by atoms with van der Waals surface area (Å²) < 4.78 is 8.39. The van der Waals surface area contributed by atoms with Gasteiger partial charge in [-0.25, -0.2) is 4.68 Å². The molecule has 1 heterocycles. The summed E-state index contributed by atoms with van der Waals surface area (Å²) in [6.45, 7) is 0.867. The summed E-state index contributed by atoms with van der Waals surface area (Å²) in [5.74, 6) is 0.784. The van der Waals surface area contributed by atoms with E-state index >= 15 is 0 Å². The van der Waals surface area contributed by atoms with E-state index in [9.17, 15) is 4.79 Å². The second-order valence-electron chi connectivity index (χ2n) is 5.93. The molecule has 3 rings (SSSR count). The number of aromatic nitrogens is 2. The summed E-state index contributed by atoms with van der Waals surface area (Å²) in [7, 11) is 1.79. The van der Waals surface area contributed by atoms with Gasteiger partial charge in [0.25, 0.3) is 0 Å². The van der Waals surface area contributed by atoms with Gasteiger partial charge in [-0.3, -0.25) is 4.79 Å². The van der Waals surface area contributed by atoms with Gasteiger partial charge in [0.15, 0.2) is 0 Å². The number of amides is 1. The maximum Gasteiger partial charge on any atom is 0.226 e. The molecule has 0 bridgehead atoms. The van der Waals surface area contributed by atoms with Crippen LogP contribution in [0.2, 0.25) is 0 Å². The number of benzene rings is 2. The number of hydrogen-bond donors (Lipinski definition) is 0. The van der Waals surface area contributed by atoms with Crippen molar-refractivity contribution in [3.63, 3.8) is 0 Å². The van der Waals surface area contributed by atoms with Gasteiger partial charge >= 0.3 is 0 Å². The molecule has 0 unspecified atom stereocenters. The molecule has 0 atom stereocenters. The van der Waals surface area contributed by atoms with Crippen molar-refractivity contribution >= 4 is 21.8 Å². The topological polar surface area (TPSA) is 47.4 Å². The zero-order valence-electron chi connectivity index (χ0n) is 14.5. The minimum atomic E-state index is 0.0347. The first kappa shape index (κ1) is 18.2. The molecule has 6 heteroatoms. The van der Waals surface area contributed by atoms with Crippen LogP contribution in [0.4, 0.5) is 0 Å². The molecule has 0 aliphatic rings. The van der Waals surface area contributed by atoms with Crippen molar-refractivity contribution < 1.29 is 9.53 Å². The van der Waals surface area contributed by atoms with Crippen molar-refractivity contribution in [3.8, 4) is 11.4 Å². The fraction of sp³-hybridized carbons (Fsp3) is 0.200. The third-order valence-electron chi connectivity index (χ3n) is 3.88. The maximum atomic E-state index is 12.3. The number of carbonyl (C=O) groups excluding carboxylic acids is 1. The van der Waals surface area contributed by atoms with Crippen molar-refractivity contribution in [2.45, 2.75) is 13.0 Å². The number of para-hydroxylation sites is 1. The Hall–Kier alpha value is -2.60. The molecule has 0 saturated carbocycles. The van der Waals surface area contributed by atoms with Gasteiger partial charge < -0.3 is 9.64 Å². The van der Waals surface area contributed by atoms with E-state index in [-0.39, 0.29) is 5.91 Å². The first-order valence-corrected chi connectivity index (χ1v) is 9.12. The van der Waals surface area contributed by atoms with Crippen LogP contribution in [0.5, 0.6) is 5.75 Å². The van der Waals surface area contributed by atoms with Crippen LogP contribution in [0.3, 0.4) is 0 Å². The van der Waals surface area contributed by atoms with Crippen LogP contribution in [-0.4, -0.2) is 34.2 Å². The molecule has 1 aromatic heterocycles. The fourth-order valence-electron chi connectivity index (χ4n) is 2.53. The van der Waals surface area contributed by atoms with E-state index in [4.69, 9.17) is 4.74 Å². The van der Waals surface area contributed by atoms with Gasteiger partial charge in [0.2, 0.25) is 5.91 Å². The first-order valence-electron chi connectivity index (χ1n) is 8.33. The van der Waals surface area contributed by atoms with E-state index < -0.39 is 0 Å². The molecule has 134 valence electrons. The Kier molecular flexibility index (Phi) is 6.07. The lowest BCUT2D eigenvalue weighted by Crippen LogP contribution is -2.27. The lowest BCUT2D eigenvalue weighted by molar-refractivity contribution is -0.130. The van der Waals surface area contributed by atoms with Crippen LogP contribution in [0.15, 0.2) is 71.5 Å². The summed E-state index contributed by atoms with van der Waals surface area (Å²) in [4.78, 5) is 14.0. The second kappa shape index (κ2) is 8.67. The van der Waals surface area contributed by atoms with E-state index in [1.165, 1.54) is 0 Å². The van der Waals surface area contributed by atoms with Crippen LogP contribution >= 0.6 is 15.9 Å². The van der Waals surface area contributed by atoms with E-state index in [0.29, 0.717) is 19.6 Å². The number of ether oxygens (including phenoxy) is 1. The highest BCUT2D eigenvalue weighted by Gasteiger charge is 2.11. The highest BCUT2D eigenvalue weighted by Crippen LogP contribution is 2.18. The van der Waals surface area contributed by atoms with E-state index in [2.05, 4.69) is 21.0 Å². The van der Waals surface area contributed by atoms with Crippen LogP contribution in [0, 0.1) is 0 Å². The van der Waals surface area contributed by atoms with Gasteiger partial charge in [-0.2, -0.15) is 5.10 Å². The Bertz CT molecular complexity index is 864. The maximum absolute atomic E-state index is 12.3. The lowest BCUT2D eigenvalue weighted by Gasteiger charge is -2.16. The Morgan fingerprint density at radius 3 is 2.77 bits per heavy atom. The molecule has 3 aromatic rings. The molecule has 0 spiro atoms. The molecular formula is C20H20BrN3O2. The average molecular weight is 414 g/mol. The third kappa shape index (κ3) is 4.95. The van der Waals surface area contributed by atoms with Gasteiger partial charge in [0, 0.05) is 29.8 Å². The standard InChI is InChI=1S/C20H20BrN3O2/c1-23(20(25)10-11-26-19-9-5-6-17(21)12-19)14-16-13-22-24(15-16)18-7-3-2-4-8-18/h2-9,12-13,15H,10-11,14H2,1H3. The molecule has 0 saturated heterocycles. The lowest BCUT2D eigenvalue weighted by atomic mass is 10.3. The molecule has 5 nitrogen and oxygen atoms in total. The van der Waals surface area contributed by atoms with Gasteiger partial charge in [0.05, 0.1) is 24.9 Å². The molecule has 0 aliphatic carbocycles. The summed E-state index contributed by atoms with van der Waals surface area (Å²) >= 11 is 3.40. The van der Waals surface area contributed by atoms with Crippen LogP contribution in [0.1, 0.15) is 12.0 Å². The van der Waals surface area contributed by atoms with Crippen LogP contribution in [-0.2, 0) is 11.3 Å². The van der Waals surface area contributed by atoms with Crippen molar-refractivity contribution in [2.75, 3.05) is 13.7 Å². The Labute approximate surface area is 161 Å². The smallest absolute Gasteiger partial charge is 0.226 e. The number of carbonyl (C=O) groups is 1. The van der Waals surface area contributed by atoms with Crippen molar-refractivity contribution in [2.24, 2.45) is 0 Å². The minimum Gasteiger partial charge on any atom is -0.493 e. The predicted molar refractivity (Wildman–Crippen MR) is 104 cm³/mol. The zero-order chi connectivity index (χ0) is 18.4. The fourth-order valence-corrected chi connectivity index (χ4v) is 2.91. The SMILES string of the molecule is CN(Cc1cnn(-c2ccccc2)c1)C(=O)CCOc1cccc(Br)c1. The monoisotopic (exact) mass is 413 g/mol. The summed E-state index contributed by atoms with van der Waals surface area (Å²) in [5.41, 5.74) is 1.98. The van der Waals surface area contributed by atoms with E-state index in [1.807, 2.05) is 65.5 Å². The Morgan fingerprint density at radius 1 is 1.19 bits per heavy atom. The zero-order valence-corrected chi connectivity index (χ0v) is 16.1. The molecular weight excluding hydrogens is 394 g/mol. The molecule has 1 amide bonds. The highest BCUT2D eigenvalue weighted by molar-refractivity contribution is 9.10. The molecule has 26 heavy (non-hydrogen) atoms. The van der Waals surface area contributed by atoms with Gasteiger partial charge in [-0.1, -0.05) is 40.2 Å². The van der Waals surface area contributed by atoms with Crippen molar-refractivity contribution in [3.05, 3.63) is 77.0 Å². The molecule has 0 radical (unpaired) electrons. The predicted octanol–water partition coefficient (Wildman–Crippen LogP) is 4.06. The van der Waals surface area contributed by atoms with E-state index in [0.717, 1.165) is 21.5 Å². The second-order valence-corrected chi connectivity index (χ2v) is 6.85. The molecule has 0 aliphatic heterocycles. The minimum absolute atomic E-state index is 0.0347. The number of rotatable bonds is 7. The Morgan fingerprint density at radius 2 is 2.00 bits per heavy atom. The summed E-state index contributed by atoms with van der Waals surface area (Å²) in [5, 5.41) is 4.36. The normalized spacial score (nSPS) is 10.5. The van der Waals surface area contributed by atoms with Gasteiger partial charge in [-0.05, 0) is 30.3 Å². The number of hydrogen-bond acceptors (Lipinski definition) is 3. The molecule has 0 fully saturated rings. The quantitative estimate of drug-likeness (QED) is 0.586. The van der Waals surface area contributed by atoms with E-state index in [1.54, 1.807) is 18.1 Å². The summed E-state index contributed by atoms with van der Waals surface area (Å²) in [6, 6.07) is 17.5. The van der Waals surface area contributed by atoms with Crippen LogP contribution in [0.25, 0.3) is 5.69 Å². The highest BCUT2D eigenvalue weighted by atomic mass is 79.9. The van der Waals surface area contributed by atoms with Crippen LogP contribution < -0.4 is 4.74 Å². The Balaban J connectivity index is 1.49. The van der Waals surface area contributed by atoms with Gasteiger partial charge in [-0.15, -0.1) is 0 Å². The van der Waals surface area contributed by atoms with Crippen molar-refractivity contribution in [1.82, 2.24) is 14.7 Å². The summed E-state index contributed by atoms with van der Waals surface area (Å²) in [6.07, 6.45) is 4.06. The van der Waals surface area contributed by atoms with Gasteiger partial charge in [0.1, 0.15) is 5.75 Å².